The van der Waals surface area contributed by atoms with Crippen LogP contribution in [0.1, 0.15) is 38.5 Å². The second kappa shape index (κ2) is 4.46. The van der Waals surface area contributed by atoms with Gasteiger partial charge in [0.25, 0.3) is 0 Å². The van der Waals surface area contributed by atoms with Gasteiger partial charge in [-0.2, -0.15) is 0 Å². The van der Waals surface area contributed by atoms with Crippen molar-refractivity contribution >= 4 is 0 Å². The third-order valence-electron chi connectivity index (χ3n) is 6.00. The predicted octanol–water partition coefficient (Wildman–Crippen LogP) is 1.32. The first-order valence-electron chi connectivity index (χ1n) is 7.99. The standard InChI is InChI=1S/C15H26N2O/c18-14-5-3-7-17-9-11-8-12(15(14)17)10-16-6-2-1-4-13(11)16/h11-15,18H,1-10H2/t11-,12-,13+,14-,15-/m1/s1. The maximum Gasteiger partial charge on any atom is 0.0699 e. The molecule has 4 rings (SSSR count). The third kappa shape index (κ3) is 1.75. The fourth-order valence-electron chi connectivity index (χ4n) is 5.34. The van der Waals surface area contributed by atoms with E-state index in [-0.39, 0.29) is 6.10 Å². The van der Waals surface area contributed by atoms with Crippen molar-refractivity contribution in [2.24, 2.45) is 11.8 Å². The van der Waals surface area contributed by atoms with E-state index in [1.54, 1.807) is 0 Å². The Hall–Kier alpha value is -0.120. The molecule has 18 heavy (non-hydrogen) atoms. The largest absolute Gasteiger partial charge is 0.391 e. The van der Waals surface area contributed by atoms with Crippen LogP contribution in [0.3, 0.4) is 0 Å². The van der Waals surface area contributed by atoms with Crippen molar-refractivity contribution in [1.29, 1.82) is 0 Å². The lowest BCUT2D eigenvalue weighted by Gasteiger charge is -2.58. The van der Waals surface area contributed by atoms with Crippen LogP contribution in [0.15, 0.2) is 0 Å². The molecule has 4 saturated heterocycles. The zero-order chi connectivity index (χ0) is 12.1. The molecular weight excluding hydrogens is 224 g/mol. The molecule has 102 valence electrons. The first-order chi connectivity index (χ1) is 8.83. The van der Waals surface area contributed by atoms with Crippen LogP contribution in [0.2, 0.25) is 0 Å². The molecule has 0 aromatic rings. The van der Waals surface area contributed by atoms with Crippen LogP contribution in [-0.4, -0.2) is 59.3 Å². The molecule has 0 amide bonds. The number of hydrogen-bond donors (Lipinski definition) is 1. The van der Waals surface area contributed by atoms with Crippen molar-refractivity contribution in [3.8, 4) is 0 Å². The topological polar surface area (TPSA) is 26.7 Å². The first kappa shape index (κ1) is 11.7. The molecule has 1 N–H and O–H groups in total. The van der Waals surface area contributed by atoms with Crippen LogP contribution in [0.4, 0.5) is 0 Å². The summed E-state index contributed by atoms with van der Waals surface area (Å²) < 4.78 is 0. The summed E-state index contributed by atoms with van der Waals surface area (Å²) >= 11 is 0. The number of hydrogen-bond acceptors (Lipinski definition) is 3. The number of aliphatic hydroxyl groups is 1. The number of nitrogens with zero attached hydrogens (tertiary/aromatic N) is 2. The number of aliphatic hydroxyl groups excluding tert-OH is 1. The summed E-state index contributed by atoms with van der Waals surface area (Å²) in [7, 11) is 0. The normalized spacial score (nSPS) is 49.5. The average molecular weight is 250 g/mol. The van der Waals surface area contributed by atoms with Gasteiger partial charge in [0.05, 0.1) is 6.10 Å². The van der Waals surface area contributed by atoms with E-state index in [2.05, 4.69) is 9.80 Å². The molecule has 0 spiro atoms. The molecule has 4 aliphatic rings. The van der Waals surface area contributed by atoms with E-state index in [9.17, 15) is 5.11 Å². The number of piperidine rings is 4. The maximum atomic E-state index is 10.4. The van der Waals surface area contributed by atoms with E-state index in [4.69, 9.17) is 0 Å². The molecule has 5 atom stereocenters. The highest BCUT2D eigenvalue weighted by Crippen LogP contribution is 2.42. The summed E-state index contributed by atoms with van der Waals surface area (Å²) in [5.74, 6) is 1.64. The predicted molar refractivity (Wildman–Crippen MR) is 71.4 cm³/mol. The Labute approximate surface area is 110 Å². The minimum absolute atomic E-state index is 0.0500. The zero-order valence-corrected chi connectivity index (χ0v) is 11.3. The second-order valence-electron chi connectivity index (χ2n) is 7.01. The van der Waals surface area contributed by atoms with Gasteiger partial charge in [-0.1, -0.05) is 6.42 Å². The van der Waals surface area contributed by atoms with Gasteiger partial charge in [0.15, 0.2) is 0 Å². The molecule has 4 fully saturated rings. The van der Waals surface area contributed by atoms with Crippen LogP contribution in [0.25, 0.3) is 0 Å². The van der Waals surface area contributed by atoms with Crippen molar-refractivity contribution in [1.82, 2.24) is 9.80 Å². The van der Waals surface area contributed by atoms with Gasteiger partial charge in [0, 0.05) is 25.2 Å². The molecule has 0 aromatic carbocycles. The molecule has 0 aliphatic carbocycles. The summed E-state index contributed by atoms with van der Waals surface area (Å²) in [6.07, 6.45) is 7.84. The molecule has 4 heterocycles. The molecule has 0 saturated carbocycles. The highest BCUT2D eigenvalue weighted by molar-refractivity contribution is 5.02. The lowest BCUT2D eigenvalue weighted by Crippen LogP contribution is -2.66. The molecule has 3 heteroatoms. The Balaban J connectivity index is 1.58. The highest BCUT2D eigenvalue weighted by atomic mass is 16.3. The molecule has 0 radical (unpaired) electrons. The van der Waals surface area contributed by atoms with Gasteiger partial charge in [-0.15, -0.1) is 0 Å². The molecule has 0 aromatic heterocycles. The van der Waals surface area contributed by atoms with E-state index in [1.165, 1.54) is 58.3 Å². The van der Waals surface area contributed by atoms with Crippen LogP contribution >= 0.6 is 0 Å². The molecule has 4 aliphatic heterocycles. The van der Waals surface area contributed by atoms with Gasteiger partial charge >= 0.3 is 0 Å². The van der Waals surface area contributed by atoms with Gasteiger partial charge in [0.2, 0.25) is 0 Å². The smallest absolute Gasteiger partial charge is 0.0699 e. The van der Waals surface area contributed by atoms with Gasteiger partial charge in [-0.05, 0) is 57.0 Å². The van der Waals surface area contributed by atoms with Crippen molar-refractivity contribution in [3.05, 3.63) is 0 Å². The summed E-state index contributed by atoms with van der Waals surface area (Å²) in [6.45, 7) is 5.08. The molecule has 2 bridgehead atoms. The van der Waals surface area contributed by atoms with Gasteiger partial charge < -0.3 is 5.11 Å². The van der Waals surface area contributed by atoms with Gasteiger partial charge in [-0.3, -0.25) is 9.80 Å². The van der Waals surface area contributed by atoms with E-state index in [1.807, 2.05) is 0 Å². The Kier molecular flexibility index (Phi) is 2.90. The lowest BCUT2D eigenvalue weighted by atomic mass is 9.70. The Morgan fingerprint density at radius 1 is 0.833 bits per heavy atom. The molecular formula is C15H26N2O. The third-order valence-corrected chi connectivity index (χ3v) is 6.00. The highest BCUT2D eigenvalue weighted by Gasteiger charge is 2.48. The van der Waals surface area contributed by atoms with Crippen LogP contribution in [-0.2, 0) is 0 Å². The molecule has 3 nitrogen and oxygen atoms in total. The summed E-state index contributed by atoms with van der Waals surface area (Å²) in [5, 5.41) is 10.4. The first-order valence-corrected chi connectivity index (χ1v) is 7.99. The average Bonchev–Trinajstić information content (AvgIpc) is 2.39. The van der Waals surface area contributed by atoms with Gasteiger partial charge in [-0.25, -0.2) is 0 Å². The van der Waals surface area contributed by atoms with E-state index in [0.29, 0.717) is 6.04 Å². The zero-order valence-electron chi connectivity index (χ0n) is 11.3. The van der Waals surface area contributed by atoms with E-state index < -0.39 is 0 Å². The summed E-state index contributed by atoms with van der Waals surface area (Å²) in [6, 6.07) is 1.35. The monoisotopic (exact) mass is 250 g/mol. The summed E-state index contributed by atoms with van der Waals surface area (Å²) in [4.78, 5) is 5.40. The molecule has 0 unspecified atom stereocenters. The maximum absolute atomic E-state index is 10.4. The Bertz CT molecular complexity index is 322. The van der Waals surface area contributed by atoms with Gasteiger partial charge in [0.1, 0.15) is 0 Å². The van der Waals surface area contributed by atoms with Crippen LogP contribution < -0.4 is 0 Å². The number of fused-ring (bicyclic) bond motifs is 6. The van der Waals surface area contributed by atoms with Crippen LogP contribution in [0, 0.1) is 11.8 Å². The van der Waals surface area contributed by atoms with Crippen molar-refractivity contribution < 1.29 is 5.11 Å². The van der Waals surface area contributed by atoms with Crippen molar-refractivity contribution in [3.63, 3.8) is 0 Å². The Morgan fingerprint density at radius 3 is 2.61 bits per heavy atom. The minimum Gasteiger partial charge on any atom is -0.391 e. The fraction of sp³-hybridized carbons (Fsp3) is 1.00. The van der Waals surface area contributed by atoms with E-state index in [0.717, 1.165) is 24.3 Å². The Morgan fingerprint density at radius 2 is 1.67 bits per heavy atom. The van der Waals surface area contributed by atoms with Crippen LogP contribution in [0.5, 0.6) is 0 Å². The SMILES string of the molecule is O[C@@H]1CCCN2C[C@H]3C[C@H](CN4CCCC[C@@H]34)[C@H]12. The van der Waals surface area contributed by atoms with Crippen molar-refractivity contribution in [2.75, 3.05) is 26.2 Å². The second-order valence-corrected chi connectivity index (χ2v) is 7.01. The lowest BCUT2D eigenvalue weighted by molar-refractivity contribution is -0.111. The summed E-state index contributed by atoms with van der Waals surface area (Å²) in [5.41, 5.74) is 0. The van der Waals surface area contributed by atoms with Crippen molar-refractivity contribution in [2.45, 2.75) is 56.7 Å². The minimum atomic E-state index is -0.0500. The quantitative estimate of drug-likeness (QED) is 0.702. The number of rotatable bonds is 0. The van der Waals surface area contributed by atoms with E-state index >= 15 is 0 Å². The fourth-order valence-corrected chi connectivity index (χ4v) is 5.34.